The number of carbonyl (C=O) groups is 1. The van der Waals surface area contributed by atoms with Crippen molar-refractivity contribution >= 4 is 5.97 Å². The summed E-state index contributed by atoms with van der Waals surface area (Å²) >= 11 is 0. The van der Waals surface area contributed by atoms with Crippen LogP contribution in [0, 0.1) is 0 Å². The lowest BCUT2D eigenvalue weighted by Crippen LogP contribution is -2.44. The summed E-state index contributed by atoms with van der Waals surface area (Å²) in [6.07, 6.45) is -0.104. The number of rotatable bonds is 4. The van der Waals surface area contributed by atoms with Crippen molar-refractivity contribution < 1.29 is 33.6 Å². The monoisotopic (exact) mass is 516 g/mol. The van der Waals surface area contributed by atoms with E-state index >= 15 is 0 Å². The Balaban J connectivity index is 1.27. The highest BCUT2D eigenvalue weighted by Gasteiger charge is 2.47. The van der Waals surface area contributed by atoms with E-state index in [4.69, 9.17) is 29.4 Å². The van der Waals surface area contributed by atoms with Gasteiger partial charge >= 0.3 is 5.97 Å². The number of hydrogen-bond donors (Lipinski definition) is 2. The zero-order valence-electron chi connectivity index (χ0n) is 20.9. The Morgan fingerprint density at radius 3 is 2.61 bits per heavy atom. The van der Waals surface area contributed by atoms with Crippen LogP contribution in [0.15, 0.2) is 48.5 Å². The zero-order valence-corrected chi connectivity index (χ0v) is 20.9. The molecule has 0 amide bonds. The van der Waals surface area contributed by atoms with Crippen LogP contribution in [0.2, 0.25) is 0 Å². The minimum Gasteiger partial charge on any atom is -0.454 e. The molecule has 0 aromatic heterocycles. The maximum atomic E-state index is 13.2. The van der Waals surface area contributed by atoms with Crippen LogP contribution < -0.4 is 29.4 Å². The summed E-state index contributed by atoms with van der Waals surface area (Å²) in [7, 11) is 2.02. The minimum atomic E-state index is -0.860. The number of aliphatic hydroxyl groups is 1. The van der Waals surface area contributed by atoms with E-state index in [1.165, 1.54) is 0 Å². The van der Waals surface area contributed by atoms with E-state index in [0.29, 0.717) is 24.5 Å². The number of fused-ring (bicyclic) bond motifs is 8. The van der Waals surface area contributed by atoms with Gasteiger partial charge in [0, 0.05) is 36.1 Å². The van der Waals surface area contributed by atoms with Crippen molar-refractivity contribution in [1.82, 2.24) is 4.90 Å². The fraction of sp³-hybridized carbons (Fsp3) is 0.345. The summed E-state index contributed by atoms with van der Waals surface area (Å²) in [4.78, 5) is 15.3. The van der Waals surface area contributed by atoms with Gasteiger partial charge in [0.1, 0.15) is 6.04 Å². The molecule has 3 aromatic rings. The largest absolute Gasteiger partial charge is 0.454 e. The molecule has 38 heavy (non-hydrogen) atoms. The molecule has 4 aliphatic rings. The first kappa shape index (κ1) is 23.3. The third kappa shape index (κ3) is 3.61. The van der Waals surface area contributed by atoms with Crippen molar-refractivity contribution in [1.29, 1.82) is 0 Å². The first-order valence-electron chi connectivity index (χ1n) is 12.8. The molecule has 0 saturated carbocycles. The standard InChI is InChI=1S/C29H28N2O7/c1-31-12-19-16(7-8-22-26(19)36-13-34-22)24-21(32)10-18-17(25(24)31)11-23-28(37-14-35-23)27(18)38-29(33)20(30)9-15-5-3-2-4-6-15/h2-8,11,20-21,24-25,32H,9-10,12-14,30H2,1H3/t20?,21-,24-,25+/m0/s1. The van der Waals surface area contributed by atoms with Crippen molar-refractivity contribution in [3.05, 3.63) is 76.3 Å². The van der Waals surface area contributed by atoms with Crippen molar-refractivity contribution in [2.75, 3.05) is 20.6 Å². The summed E-state index contributed by atoms with van der Waals surface area (Å²) in [5.74, 6) is 1.87. The van der Waals surface area contributed by atoms with Gasteiger partial charge in [0.25, 0.3) is 0 Å². The molecule has 9 heteroatoms. The molecular weight excluding hydrogens is 488 g/mol. The quantitative estimate of drug-likeness (QED) is 0.399. The Kier molecular flexibility index (Phi) is 5.47. The molecule has 1 unspecified atom stereocenters. The van der Waals surface area contributed by atoms with Crippen LogP contribution in [-0.2, 0) is 24.2 Å². The number of benzene rings is 3. The number of esters is 1. The van der Waals surface area contributed by atoms with Gasteiger partial charge in [-0.3, -0.25) is 4.90 Å². The van der Waals surface area contributed by atoms with Crippen molar-refractivity contribution in [3.63, 3.8) is 0 Å². The van der Waals surface area contributed by atoms with Gasteiger partial charge in [0.2, 0.25) is 19.3 Å². The third-order valence-electron chi connectivity index (χ3n) is 7.97. The Bertz CT molecular complexity index is 1430. The van der Waals surface area contributed by atoms with E-state index in [1.54, 1.807) is 0 Å². The summed E-state index contributed by atoms with van der Waals surface area (Å²) in [5, 5.41) is 11.5. The molecule has 7 rings (SSSR count). The lowest BCUT2D eigenvalue weighted by atomic mass is 9.70. The first-order chi connectivity index (χ1) is 18.5. The van der Waals surface area contributed by atoms with Gasteiger partial charge in [-0.1, -0.05) is 36.4 Å². The molecule has 3 aliphatic heterocycles. The molecule has 3 heterocycles. The lowest BCUT2D eigenvalue weighted by Gasteiger charge is -2.46. The van der Waals surface area contributed by atoms with Crippen molar-refractivity contribution in [2.24, 2.45) is 5.73 Å². The maximum Gasteiger partial charge on any atom is 0.328 e. The van der Waals surface area contributed by atoms with Gasteiger partial charge in [-0.05, 0) is 42.3 Å². The van der Waals surface area contributed by atoms with Crippen LogP contribution in [0.1, 0.15) is 39.8 Å². The van der Waals surface area contributed by atoms with Gasteiger partial charge in [0.05, 0.1) is 6.10 Å². The summed E-state index contributed by atoms with van der Waals surface area (Å²) in [6, 6.07) is 14.4. The average Bonchev–Trinajstić information content (AvgIpc) is 3.59. The number of hydrogen-bond acceptors (Lipinski definition) is 9. The number of likely N-dealkylation sites (N-methyl/N-ethyl adjacent to an activating group) is 1. The normalized spacial score (nSPS) is 23.3. The SMILES string of the molecule is CN1Cc2c(ccc3c2OCO3)[C@@H]2[C@H]1c1cc3c(c(OC(=O)C(N)Cc4ccccc4)c1C[C@@H]2O)OCO3. The molecule has 3 aromatic carbocycles. The molecule has 3 N–H and O–H groups in total. The van der Waals surface area contributed by atoms with E-state index in [0.717, 1.165) is 39.3 Å². The molecule has 1 aliphatic carbocycles. The fourth-order valence-corrected chi connectivity index (χ4v) is 6.28. The van der Waals surface area contributed by atoms with Gasteiger partial charge in [-0.25, -0.2) is 4.79 Å². The highest BCUT2D eigenvalue weighted by Crippen LogP contribution is 2.57. The molecule has 0 bridgehead atoms. The Labute approximate surface area is 219 Å². The number of nitrogens with two attached hydrogens (primary N) is 1. The summed E-state index contributed by atoms with van der Waals surface area (Å²) in [5.41, 5.74) is 10.9. The van der Waals surface area contributed by atoms with Gasteiger partial charge < -0.3 is 34.5 Å². The van der Waals surface area contributed by atoms with Gasteiger partial charge in [0.15, 0.2) is 23.0 Å². The topological polar surface area (TPSA) is 113 Å². The lowest BCUT2D eigenvalue weighted by molar-refractivity contribution is -0.136. The average molecular weight is 517 g/mol. The second-order valence-electron chi connectivity index (χ2n) is 10.2. The third-order valence-corrected chi connectivity index (χ3v) is 7.97. The van der Waals surface area contributed by atoms with E-state index in [2.05, 4.69) is 4.90 Å². The first-order valence-corrected chi connectivity index (χ1v) is 12.8. The van der Waals surface area contributed by atoms with Crippen molar-refractivity contribution in [3.8, 4) is 28.7 Å². The second-order valence-corrected chi connectivity index (χ2v) is 10.2. The Morgan fingerprint density at radius 2 is 1.79 bits per heavy atom. The van der Waals surface area contributed by atoms with E-state index in [1.807, 2.05) is 55.6 Å². The molecule has 196 valence electrons. The van der Waals surface area contributed by atoms with Crippen LogP contribution in [0.5, 0.6) is 28.7 Å². The summed E-state index contributed by atoms with van der Waals surface area (Å²) < 4.78 is 28.8. The van der Waals surface area contributed by atoms with E-state index < -0.39 is 18.1 Å². The smallest absolute Gasteiger partial charge is 0.328 e. The molecule has 0 fully saturated rings. The van der Waals surface area contributed by atoms with Crippen LogP contribution in [-0.4, -0.2) is 48.8 Å². The number of ether oxygens (including phenoxy) is 5. The predicted octanol–water partition coefficient (Wildman–Crippen LogP) is 2.81. The van der Waals surface area contributed by atoms with E-state index in [9.17, 15) is 9.90 Å². The number of aliphatic hydroxyl groups excluding tert-OH is 1. The molecule has 0 spiro atoms. The molecule has 0 radical (unpaired) electrons. The van der Waals surface area contributed by atoms with Crippen molar-refractivity contribution in [2.45, 2.75) is 43.5 Å². The molecule has 0 saturated heterocycles. The second kappa shape index (κ2) is 8.90. The van der Waals surface area contributed by atoms with E-state index in [-0.39, 0.29) is 37.7 Å². The van der Waals surface area contributed by atoms with Crippen LogP contribution in [0.4, 0.5) is 0 Å². The number of nitrogens with zero attached hydrogens (tertiary/aromatic N) is 1. The number of carbonyl (C=O) groups excluding carboxylic acids is 1. The summed E-state index contributed by atoms with van der Waals surface area (Å²) in [6.45, 7) is 0.831. The molecule has 9 nitrogen and oxygen atoms in total. The Hall–Kier alpha value is -3.79. The highest BCUT2D eigenvalue weighted by molar-refractivity contribution is 5.80. The highest BCUT2D eigenvalue weighted by atomic mass is 16.7. The van der Waals surface area contributed by atoms with Crippen LogP contribution in [0.25, 0.3) is 0 Å². The maximum absolute atomic E-state index is 13.2. The van der Waals surface area contributed by atoms with Gasteiger partial charge in [-0.2, -0.15) is 0 Å². The molecular formula is C29H28N2O7. The zero-order chi connectivity index (χ0) is 26.0. The van der Waals surface area contributed by atoms with Crippen LogP contribution >= 0.6 is 0 Å². The van der Waals surface area contributed by atoms with Crippen LogP contribution in [0.3, 0.4) is 0 Å². The predicted molar refractivity (Wildman–Crippen MR) is 136 cm³/mol. The Morgan fingerprint density at radius 1 is 1.03 bits per heavy atom. The minimum absolute atomic E-state index is 0.0254. The molecule has 4 atom stereocenters. The fourth-order valence-electron chi connectivity index (χ4n) is 6.28. The van der Waals surface area contributed by atoms with Gasteiger partial charge in [-0.15, -0.1) is 0 Å².